The van der Waals surface area contributed by atoms with Crippen LogP contribution in [0.5, 0.6) is 0 Å². The predicted octanol–water partition coefficient (Wildman–Crippen LogP) is 3.48. The highest BCUT2D eigenvalue weighted by molar-refractivity contribution is 6.39. The van der Waals surface area contributed by atoms with Crippen molar-refractivity contribution < 1.29 is 24.1 Å². The molecule has 0 saturated carbocycles. The molecule has 160 valence electrons. The summed E-state index contributed by atoms with van der Waals surface area (Å²) in [6.07, 6.45) is -0.612. The van der Waals surface area contributed by atoms with Crippen molar-refractivity contribution in [1.82, 2.24) is 10.5 Å². The van der Waals surface area contributed by atoms with Crippen molar-refractivity contribution in [1.29, 1.82) is 0 Å². The second-order valence-electron chi connectivity index (χ2n) is 6.51. The molecular weight excluding hydrogens is 449 g/mol. The van der Waals surface area contributed by atoms with Gasteiger partial charge in [0, 0.05) is 30.1 Å². The second kappa shape index (κ2) is 9.15. The van der Waals surface area contributed by atoms with E-state index >= 15 is 0 Å². The van der Waals surface area contributed by atoms with E-state index in [1.54, 1.807) is 18.2 Å². The minimum absolute atomic E-state index is 0.00350. The number of hydrogen-bond donors (Lipinski definition) is 1. The Hall–Kier alpha value is -3.43. The fraction of sp³-hybridized carbons (Fsp3) is 0.150. The number of nitro benzene ring substituents is 1. The lowest BCUT2D eigenvalue weighted by molar-refractivity contribution is -0.385. The van der Waals surface area contributed by atoms with Crippen LogP contribution in [-0.2, 0) is 4.79 Å². The van der Waals surface area contributed by atoms with Crippen molar-refractivity contribution in [2.75, 3.05) is 0 Å². The molecule has 9 nitrogen and oxygen atoms in total. The molecule has 0 aliphatic carbocycles. The zero-order valence-electron chi connectivity index (χ0n) is 15.9. The number of nitro groups is 1. The third kappa shape index (κ3) is 4.84. The molecule has 0 bridgehead atoms. The van der Waals surface area contributed by atoms with Crippen molar-refractivity contribution in [2.45, 2.75) is 19.4 Å². The van der Waals surface area contributed by atoms with Crippen molar-refractivity contribution in [3.05, 3.63) is 79.5 Å². The van der Waals surface area contributed by atoms with Crippen LogP contribution >= 0.6 is 23.2 Å². The number of aliphatic carboxylic acids is 1. The summed E-state index contributed by atoms with van der Waals surface area (Å²) in [7, 11) is 0. The standard InChI is InChI=1S/C20H15Cl2N3O6/c1-10-17(19(24-31-10)18-13(21)6-3-7-14(18)22)20(28)23-15(9-16(26)27)11-4-2-5-12(8-11)25(29)30/h2-8,15H,9H2,1H3,(H,23,28)(H,26,27)/p-1. The molecule has 1 aromatic heterocycles. The Morgan fingerprint density at radius 3 is 2.45 bits per heavy atom. The Morgan fingerprint density at radius 2 is 1.84 bits per heavy atom. The molecule has 31 heavy (non-hydrogen) atoms. The summed E-state index contributed by atoms with van der Waals surface area (Å²) in [6, 6.07) is 8.94. The highest BCUT2D eigenvalue weighted by Gasteiger charge is 2.27. The Balaban J connectivity index is 2.01. The minimum Gasteiger partial charge on any atom is -0.550 e. The van der Waals surface area contributed by atoms with Gasteiger partial charge in [0.15, 0.2) is 0 Å². The van der Waals surface area contributed by atoms with Gasteiger partial charge in [0.25, 0.3) is 11.6 Å². The molecule has 1 heterocycles. The van der Waals surface area contributed by atoms with E-state index in [4.69, 9.17) is 27.7 Å². The molecule has 0 saturated heterocycles. The summed E-state index contributed by atoms with van der Waals surface area (Å²) in [4.78, 5) is 34.8. The van der Waals surface area contributed by atoms with Crippen LogP contribution < -0.4 is 10.4 Å². The number of carbonyl (C=O) groups is 2. The van der Waals surface area contributed by atoms with Gasteiger partial charge in [-0.25, -0.2) is 0 Å². The Kier molecular flexibility index (Phi) is 6.57. The van der Waals surface area contributed by atoms with Gasteiger partial charge in [-0.15, -0.1) is 0 Å². The normalized spacial score (nSPS) is 11.7. The number of carboxylic acid groups (broad SMARTS) is 1. The summed E-state index contributed by atoms with van der Waals surface area (Å²) in [5, 5.41) is 29.2. The first kappa shape index (κ1) is 22.3. The number of nitrogens with one attached hydrogen (secondary N) is 1. The topological polar surface area (TPSA) is 138 Å². The van der Waals surface area contributed by atoms with Gasteiger partial charge >= 0.3 is 0 Å². The van der Waals surface area contributed by atoms with E-state index in [1.165, 1.54) is 31.2 Å². The van der Waals surface area contributed by atoms with Crippen LogP contribution in [0.4, 0.5) is 5.69 Å². The Morgan fingerprint density at radius 1 is 1.19 bits per heavy atom. The quantitative estimate of drug-likeness (QED) is 0.418. The molecule has 0 spiro atoms. The molecule has 3 rings (SSSR count). The molecule has 1 unspecified atom stereocenters. The van der Waals surface area contributed by atoms with Gasteiger partial charge in [0.2, 0.25) is 0 Å². The van der Waals surface area contributed by atoms with Gasteiger partial charge in [-0.1, -0.05) is 46.6 Å². The first-order chi connectivity index (χ1) is 14.7. The number of hydrogen-bond acceptors (Lipinski definition) is 7. The SMILES string of the molecule is Cc1onc(-c2c(Cl)cccc2Cl)c1C(=O)NC(CC(=O)[O-])c1cccc([N+](=O)[O-])c1. The fourth-order valence-corrected chi connectivity index (χ4v) is 3.62. The zero-order chi connectivity index (χ0) is 22.7. The number of aromatic nitrogens is 1. The number of amides is 1. The smallest absolute Gasteiger partial charge is 0.269 e. The monoisotopic (exact) mass is 462 g/mol. The van der Waals surface area contributed by atoms with Gasteiger partial charge in [0.1, 0.15) is 17.0 Å². The molecule has 0 aliphatic rings. The molecular formula is C20H14Cl2N3O6-. The van der Waals surface area contributed by atoms with Crippen LogP contribution in [0.2, 0.25) is 10.0 Å². The number of carbonyl (C=O) groups excluding carboxylic acids is 2. The lowest BCUT2D eigenvalue weighted by Gasteiger charge is -2.20. The number of nitrogens with zero attached hydrogens (tertiary/aromatic N) is 2. The van der Waals surface area contributed by atoms with Crippen molar-refractivity contribution in [3.8, 4) is 11.3 Å². The molecule has 1 N–H and O–H groups in total. The highest BCUT2D eigenvalue weighted by Crippen LogP contribution is 2.37. The summed E-state index contributed by atoms with van der Waals surface area (Å²) >= 11 is 12.4. The van der Waals surface area contributed by atoms with Crippen molar-refractivity contribution >= 4 is 40.8 Å². The molecule has 0 aliphatic heterocycles. The van der Waals surface area contributed by atoms with Crippen LogP contribution in [0.15, 0.2) is 47.0 Å². The average molecular weight is 463 g/mol. The van der Waals surface area contributed by atoms with Crippen molar-refractivity contribution in [2.24, 2.45) is 0 Å². The summed E-state index contributed by atoms with van der Waals surface area (Å²) < 4.78 is 5.15. The van der Waals surface area contributed by atoms with E-state index in [0.29, 0.717) is 0 Å². The third-order valence-electron chi connectivity index (χ3n) is 4.45. The van der Waals surface area contributed by atoms with E-state index < -0.39 is 29.3 Å². The van der Waals surface area contributed by atoms with Crippen LogP contribution in [0.25, 0.3) is 11.3 Å². The molecule has 1 atom stereocenters. The van der Waals surface area contributed by atoms with Crippen LogP contribution in [0, 0.1) is 17.0 Å². The van der Waals surface area contributed by atoms with Crippen LogP contribution in [-0.4, -0.2) is 22.0 Å². The number of aryl methyl sites for hydroxylation is 1. The van der Waals surface area contributed by atoms with Crippen LogP contribution in [0.1, 0.15) is 34.1 Å². The first-order valence-corrected chi connectivity index (χ1v) is 9.60. The number of rotatable bonds is 7. The lowest BCUT2D eigenvalue weighted by atomic mass is 10.0. The van der Waals surface area contributed by atoms with Crippen molar-refractivity contribution in [3.63, 3.8) is 0 Å². The minimum atomic E-state index is -1.45. The van der Waals surface area contributed by atoms with Gasteiger partial charge in [-0.3, -0.25) is 14.9 Å². The molecule has 1 amide bonds. The van der Waals surface area contributed by atoms with Crippen LogP contribution in [0.3, 0.4) is 0 Å². The van der Waals surface area contributed by atoms with Gasteiger partial charge < -0.3 is 19.7 Å². The summed E-state index contributed by atoms with van der Waals surface area (Å²) in [5.74, 6) is -2.02. The zero-order valence-corrected chi connectivity index (χ0v) is 17.4. The maximum Gasteiger partial charge on any atom is 0.269 e. The second-order valence-corrected chi connectivity index (χ2v) is 7.33. The maximum atomic E-state index is 13.1. The largest absolute Gasteiger partial charge is 0.550 e. The molecule has 3 aromatic rings. The number of benzene rings is 2. The van der Waals surface area contributed by atoms with E-state index in [9.17, 15) is 24.8 Å². The highest BCUT2D eigenvalue weighted by atomic mass is 35.5. The van der Waals surface area contributed by atoms with E-state index in [1.807, 2.05) is 0 Å². The van der Waals surface area contributed by atoms with E-state index in [0.717, 1.165) is 0 Å². The maximum absolute atomic E-state index is 13.1. The molecule has 0 fully saturated rings. The molecule has 11 heteroatoms. The lowest BCUT2D eigenvalue weighted by Crippen LogP contribution is -2.34. The number of halogens is 2. The summed E-state index contributed by atoms with van der Waals surface area (Å²) in [6.45, 7) is 1.50. The predicted molar refractivity (Wildman–Crippen MR) is 110 cm³/mol. The van der Waals surface area contributed by atoms with Gasteiger partial charge in [-0.2, -0.15) is 0 Å². The fourth-order valence-electron chi connectivity index (χ4n) is 3.04. The van der Waals surface area contributed by atoms with Gasteiger partial charge in [0.05, 0.1) is 21.0 Å². The third-order valence-corrected chi connectivity index (χ3v) is 5.08. The summed E-state index contributed by atoms with van der Waals surface area (Å²) in [5.41, 5.74) is 0.332. The molecule has 0 radical (unpaired) electrons. The Labute approximate surface area is 185 Å². The van der Waals surface area contributed by atoms with E-state index in [2.05, 4.69) is 10.5 Å². The van der Waals surface area contributed by atoms with Gasteiger partial charge in [-0.05, 0) is 24.6 Å². The first-order valence-electron chi connectivity index (χ1n) is 8.84. The molecule has 2 aromatic carbocycles. The van der Waals surface area contributed by atoms with E-state index in [-0.39, 0.29) is 43.9 Å². The number of carboxylic acids is 1. The average Bonchev–Trinajstić information content (AvgIpc) is 3.08. The number of non-ortho nitro benzene ring substituents is 1. The Bertz CT molecular complexity index is 1160.